The van der Waals surface area contributed by atoms with Crippen LogP contribution in [0.2, 0.25) is 26.2 Å². The van der Waals surface area contributed by atoms with Crippen molar-refractivity contribution in [2.24, 2.45) is 10.8 Å². The van der Waals surface area contributed by atoms with Gasteiger partial charge >= 0.3 is 43.4 Å². The van der Waals surface area contributed by atoms with E-state index in [1.54, 1.807) is 11.1 Å². The Morgan fingerprint density at radius 3 is 1.21 bits per heavy atom. The molecule has 288 valence electrons. The van der Waals surface area contributed by atoms with Crippen LogP contribution in [0, 0.1) is 23.0 Å². The van der Waals surface area contributed by atoms with Crippen molar-refractivity contribution in [3.8, 4) is 0 Å². The Labute approximate surface area is 375 Å². The summed E-state index contributed by atoms with van der Waals surface area (Å²) >= 11 is 4.51. The van der Waals surface area contributed by atoms with E-state index in [2.05, 4.69) is 180 Å². The van der Waals surface area contributed by atoms with Crippen LogP contribution in [-0.4, -0.2) is 36.4 Å². The van der Waals surface area contributed by atoms with E-state index < -0.39 is 16.1 Å². The summed E-state index contributed by atoms with van der Waals surface area (Å²) in [6.07, 6.45) is 36.3. The Hall–Kier alpha value is 1.06. The van der Waals surface area contributed by atoms with Crippen molar-refractivity contribution in [3.63, 3.8) is 0 Å². The summed E-state index contributed by atoms with van der Waals surface area (Å²) in [5.74, 6) is 2.54. The van der Waals surface area contributed by atoms with Crippen molar-refractivity contribution in [1.29, 1.82) is 0 Å². The van der Waals surface area contributed by atoms with Crippen LogP contribution in [0.15, 0.2) is 81.3 Å². The fourth-order valence-electron chi connectivity index (χ4n) is 7.98. The van der Waals surface area contributed by atoms with Crippen molar-refractivity contribution in [1.82, 2.24) is 0 Å². The van der Waals surface area contributed by atoms with E-state index in [4.69, 9.17) is 0 Å². The zero-order valence-electron chi connectivity index (χ0n) is 35.3. The molecule has 52 heavy (non-hydrogen) atoms. The third kappa shape index (κ3) is 12.5. The Balaban J connectivity index is 0. The molecule has 0 aromatic rings. The summed E-state index contributed by atoms with van der Waals surface area (Å²) in [4.78, 5) is 0. The van der Waals surface area contributed by atoms with E-state index in [0.717, 1.165) is 12.8 Å². The second-order valence-corrected chi connectivity index (χ2v) is 30.4. The molecule has 0 nitrogen and oxygen atoms in total. The van der Waals surface area contributed by atoms with Gasteiger partial charge in [0.05, 0.1) is 16.1 Å². The number of unbranched alkanes of at least 4 members (excludes halogenated alkanes) is 2. The van der Waals surface area contributed by atoms with Gasteiger partial charge in [-0.15, -0.1) is 12.8 Å². The molecular formula is C44H70Cl2S2Si2Ti2. The molecule has 0 spiro atoms. The number of allylic oxidation sites excluding steroid dienone is 14. The minimum Gasteiger partial charge on any atom is -1.00 e. The van der Waals surface area contributed by atoms with E-state index in [-0.39, 0.29) is 87.8 Å². The fraction of sp³-hybridized carbons (Fsp3) is 0.636. The molecule has 2 unspecified atom stereocenters. The van der Waals surface area contributed by atoms with Crippen LogP contribution in [-0.2, 0) is 43.4 Å². The number of rotatable bonds is 12. The Bertz CT molecular complexity index is 1300. The molecule has 4 aliphatic rings. The molecule has 0 aromatic heterocycles. The molecule has 0 aromatic carbocycles. The van der Waals surface area contributed by atoms with Crippen molar-refractivity contribution in [3.05, 3.63) is 93.4 Å². The van der Waals surface area contributed by atoms with Gasteiger partial charge in [0.2, 0.25) is 0 Å². The topological polar surface area (TPSA) is 0 Å². The minimum atomic E-state index is -1.70. The number of hydrogen-bond acceptors (Lipinski definition) is 2. The van der Waals surface area contributed by atoms with Crippen LogP contribution in [0.5, 0.6) is 0 Å². The zero-order valence-corrected chi connectivity index (χ0v) is 43.5. The SMILES string of the molecule is CCCCSC1([Si](C)(C)C2=[C-]CC=C2)CC=C(C)C=C1C(C)(C)C.CCCCSC1([Si](C)(C)C2=[C-]CC=C2)CC=C(C)C=C1C(C)(C)C.[Cl-].[Cl-].[Ti+2].[Ti+2]. The molecule has 0 bridgehead atoms. The van der Waals surface area contributed by atoms with Crippen LogP contribution in [0.3, 0.4) is 0 Å². The molecule has 8 heteroatoms. The Morgan fingerprint density at radius 2 is 0.962 bits per heavy atom. The minimum absolute atomic E-state index is 0. The third-order valence-electron chi connectivity index (χ3n) is 11.1. The normalized spacial score (nSPS) is 22.8. The standard InChI is InChI=1S/2C22H35SSi.2ClH.2Ti/c2*1-8-9-16-23-22(24(6,7)19-12-10-11-13-19)15-14-18(2)17-20(22)21(3,4)5;;;;/h2*10,12,14,17H,8-9,11,15-16H2,1-7H3;2*1H;;/q2*-1;;;2*+2/p-2. The molecule has 0 saturated carbocycles. The number of thioether (sulfide) groups is 2. The van der Waals surface area contributed by atoms with Crippen LogP contribution < -0.4 is 24.8 Å². The first kappa shape index (κ1) is 55.2. The first-order valence-electron chi connectivity index (χ1n) is 18.9. The monoisotopic (exact) mass is 884 g/mol. The van der Waals surface area contributed by atoms with Gasteiger partial charge < -0.3 is 24.8 Å². The predicted molar refractivity (Wildman–Crippen MR) is 228 cm³/mol. The smallest absolute Gasteiger partial charge is 1.00 e. The maximum Gasteiger partial charge on any atom is 2.00 e. The van der Waals surface area contributed by atoms with Crippen LogP contribution in [0.25, 0.3) is 0 Å². The van der Waals surface area contributed by atoms with Gasteiger partial charge in [-0.2, -0.15) is 35.7 Å². The van der Waals surface area contributed by atoms with Gasteiger partial charge in [0.15, 0.2) is 0 Å². The molecule has 0 amide bonds. The van der Waals surface area contributed by atoms with Gasteiger partial charge in [-0.25, -0.2) is 22.5 Å². The summed E-state index contributed by atoms with van der Waals surface area (Å²) in [6, 6.07) is 0. The van der Waals surface area contributed by atoms with E-state index >= 15 is 0 Å². The van der Waals surface area contributed by atoms with Gasteiger partial charge in [0.1, 0.15) is 0 Å². The number of halogens is 2. The second-order valence-electron chi connectivity index (χ2n) is 17.6. The molecular weight excluding hydrogens is 815 g/mol. The van der Waals surface area contributed by atoms with Gasteiger partial charge in [-0.1, -0.05) is 141 Å². The van der Waals surface area contributed by atoms with E-state index in [1.165, 1.54) is 71.6 Å². The quantitative estimate of drug-likeness (QED) is 0.111. The Kier molecular flexibility index (Phi) is 24.2. The fourth-order valence-corrected chi connectivity index (χ4v) is 21.6. The van der Waals surface area contributed by atoms with Crippen molar-refractivity contribution < 1.29 is 68.2 Å². The molecule has 0 radical (unpaired) electrons. The van der Waals surface area contributed by atoms with Crippen molar-refractivity contribution >= 4 is 39.7 Å². The predicted octanol–water partition coefficient (Wildman–Crippen LogP) is 8.12. The zero-order chi connectivity index (χ0) is 36.0. The van der Waals surface area contributed by atoms with Gasteiger partial charge in [0, 0.05) is 8.74 Å². The first-order chi connectivity index (χ1) is 22.3. The molecule has 0 aliphatic heterocycles. The van der Waals surface area contributed by atoms with Crippen LogP contribution in [0.4, 0.5) is 0 Å². The summed E-state index contributed by atoms with van der Waals surface area (Å²) in [5, 5.41) is 3.07. The van der Waals surface area contributed by atoms with Gasteiger partial charge in [0.25, 0.3) is 0 Å². The summed E-state index contributed by atoms with van der Waals surface area (Å²) in [7, 11) is -3.41. The number of hydrogen-bond donors (Lipinski definition) is 0. The largest absolute Gasteiger partial charge is 2.00 e. The Morgan fingerprint density at radius 1 is 0.635 bits per heavy atom. The van der Waals surface area contributed by atoms with Crippen LogP contribution >= 0.6 is 23.5 Å². The maximum absolute atomic E-state index is 3.70. The summed E-state index contributed by atoms with van der Waals surface area (Å²) in [6.45, 7) is 33.9. The average molecular weight is 886 g/mol. The molecule has 0 N–H and O–H groups in total. The van der Waals surface area contributed by atoms with E-state index in [1.807, 2.05) is 0 Å². The molecule has 0 saturated heterocycles. The van der Waals surface area contributed by atoms with Crippen LogP contribution in [0.1, 0.15) is 121 Å². The van der Waals surface area contributed by atoms with Gasteiger partial charge in [-0.3, -0.25) is 12.2 Å². The molecule has 2 atom stereocenters. The summed E-state index contributed by atoms with van der Waals surface area (Å²) < 4.78 is 0.522. The molecule has 0 fully saturated rings. The third-order valence-corrected chi connectivity index (χ3v) is 26.1. The molecule has 4 rings (SSSR count). The van der Waals surface area contributed by atoms with Crippen molar-refractivity contribution in [2.75, 3.05) is 11.5 Å². The molecule has 0 heterocycles. The van der Waals surface area contributed by atoms with Gasteiger partial charge in [-0.05, 0) is 61.9 Å². The first-order valence-corrected chi connectivity index (χ1v) is 26.9. The van der Waals surface area contributed by atoms with Crippen molar-refractivity contribution in [2.45, 2.75) is 156 Å². The van der Waals surface area contributed by atoms with E-state index in [0.29, 0.717) is 0 Å². The average Bonchev–Trinajstić information content (AvgIpc) is 3.74. The van der Waals surface area contributed by atoms with E-state index in [9.17, 15) is 0 Å². The molecule has 4 aliphatic carbocycles. The second kappa shape index (κ2) is 22.9. The maximum atomic E-state index is 3.70. The summed E-state index contributed by atoms with van der Waals surface area (Å²) in [5.41, 5.74) is 6.64.